The van der Waals surface area contributed by atoms with Gasteiger partial charge in [0.1, 0.15) is 5.82 Å². The Hall–Kier alpha value is -2.69. The molecule has 0 aromatic heterocycles. The van der Waals surface area contributed by atoms with Crippen molar-refractivity contribution in [2.45, 2.75) is 12.8 Å². The molecule has 0 aliphatic carbocycles. The second-order valence-electron chi connectivity index (χ2n) is 4.98. The molecule has 0 heterocycles. The summed E-state index contributed by atoms with van der Waals surface area (Å²) in [7, 11) is 0. The molecule has 4 nitrogen and oxygen atoms in total. The number of hydrogen-bond acceptors (Lipinski definition) is 2. The molecule has 0 saturated heterocycles. The summed E-state index contributed by atoms with van der Waals surface area (Å²) in [6.45, 7) is 0. The van der Waals surface area contributed by atoms with Gasteiger partial charge in [0.05, 0.1) is 12.3 Å². The maximum absolute atomic E-state index is 12.9. The summed E-state index contributed by atoms with van der Waals surface area (Å²) in [4.78, 5) is 23.2. The molecular weight excluding hydrogens is 285 g/mol. The van der Waals surface area contributed by atoms with Crippen LogP contribution in [0.4, 0.5) is 10.1 Å². The number of carbonyl (C=O) groups is 2. The van der Waals surface area contributed by atoms with Gasteiger partial charge in [0, 0.05) is 5.69 Å². The highest BCUT2D eigenvalue weighted by atomic mass is 19.1. The molecule has 0 saturated carbocycles. The van der Waals surface area contributed by atoms with E-state index in [0.29, 0.717) is 12.1 Å². The lowest BCUT2D eigenvalue weighted by atomic mass is 9.95. The number of nitrogens with one attached hydrogen (secondary N) is 1. The minimum Gasteiger partial charge on any atom is -0.481 e. The van der Waals surface area contributed by atoms with Crippen molar-refractivity contribution < 1.29 is 19.1 Å². The molecule has 22 heavy (non-hydrogen) atoms. The van der Waals surface area contributed by atoms with E-state index >= 15 is 0 Å². The molecule has 1 atom stereocenters. The number of hydrogen-bond donors (Lipinski definition) is 2. The van der Waals surface area contributed by atoms with Crippen LogP contribution in [0.15, 0.2) is 54.6 Å². The fraction of sp³-hybridized carbons (Fsp3) is 0.176. The van der Waals surface area contributed by atoms with E-state index in [1.807, 2.05) is 30.3 Å². The molecule has 0 aliphatic rings. The van der Waals surface area contributed by atoms with E-state index in [9.17, 15) is 14.0 Å². The fourth-order valence-corrected chi connectivity index (χ4v) is 2.14. The Morgan fingerprint density at radius 1 is 1.05 bits per heavy atom. The highest BCUT2D eigenvalue weighted by Crippen LogP contribution is 2.16. The van der Waals surface area contributed by atoms with Crippen LogP contribution < -0.4 is 5.32 Å². The molecule has 0 spiro atoms. The second-order valence-corrected chi connectivity index (χ2v) is 4.98. The average molecular weight is 301 g/mol. The highest BCUT2D eigenvalue weighted by molar-refractivity contribution is 5.94. The van der Waals surface area contributed by atoms with Crippen molar-refractivity contribution >= 4 is 17.6 Å². The van der Waals surface area contributed by atoms with Crippen LogP contribution in [0, 0.1) is 11.7 Å². The normalized spacial score (nSPS) is 11.7. The van der Waals surface area contributed by atoms with Crippen molar-refractivity contribution in [3.8, 4) is 0 Å². The van der Waals surface area contributed by atoms with Gasteiger partial charge in [-0.2, -0.15) is 0 Å². The Labute approximate surface area is 127 Å². The van der Waals surface area contributed by atoms with Crippen molar-refractivity contribution in [2.75, 3.05) is 5.32 Å². The smallest absolute Gasteiger partial charge is 0.304 e. The topological polar surface area (TPSA) is 66.4 Å². The molecule has 0 radical (unpaired) electrons. The first-order valence-electron chi connectivity index (χ1n) is 6.87. The van der Waals surface area contributed by atoms with E-state index in [1.165, 1.54) is 24.3 Å². The molecule has 0 aliphatic heterocycles. The quantitative estimate of drug-likeness (QED) is 0.861. The SMILES string of the molecule is O=C(O)CC(Cc1ccccc1)C(=O)Nc1ccc(F)cc1. The third-order valence-electron chi connectivity index (χ3n) is 3.23. The molecule has 2 aromatic rings. The molecule has 1 unspecified atom stereocenters. The Morgan fingerprint density at radius 2 is 1.68 bits per heavy atom. The number of carboxylic acids is 1. The summed E-state index contributed by atoms with van der Waals surface area (Å²) in [5.41, 5.74) is 1.33. The number of benzene rings is 2. The third-order valence-corrected chi connectivity index (χ3v) is 3.23. The Kier molecular flexibility index (Phi) is 5.25. The summed E-state index contributed by atoms with van der Waals surface area (Å²) >= 11 is 0. The van der Waals surface area contributed by atoms with Gasteiger partial charge in [-0.25, -0.2) is 4.39 Å². The Bertz CT molecular complexity index is 641. The van der Waals surface area contributed by atoms with Crippen molar-refractivity contribution in [3.05, 3.63) is 66.0 Å². The number of aliphatic carboxylic acids is 1. The zero-order valence-corrected chi connectivity index (χ0v) is 11.8. The summed E-state index contributed by atoms with van der Waals surface area (Å²) in [6.07, 6.45) is 0.0715. The Morgan fingerprint density at radius 3 is 2.27 bits per heavy atom. The average Bonchev–Trinajstić information content (AvgIpc) is 2.49. The molecule has 114 valence electrons. The van der Waals surface area contributed by atoms with Crippen molar-refractivity contribution in [1.82, 2.24) is 0 Å². The largest absolute Gasteiger partial charge is 0.481 e. The summed E-state index contributed by atoms with van der Waals surface area (Å²) < 4.78 is 12.9. The molecule has 5 heteroatoms. The predicted molar refractivity (Wildman–Crippen MR) is 80.9 cm³/mol. The van der Waals surface area contributed by atoms with Crippen LogP contribution in [0.1, 0.15) is 12.0 Å². The van der Waals surface area contributed by atoms with Crippen molar-refractivity contribution in [3.63, 3.8) is 0 Å². The van der Waals surface area contributed by atoms with Crippen LogP contribution in [0.25, 0.3) is 0 Å². The highest BCUT2D eigenvalue weighted by Gasteiger charge is 2.22. The summed E-state index contributed by atoms with van der Waals surface area (Å²) in [6, 6.07) is 14.6. The molecule has 1 amide bonds. The van der Waals surface area contributed by atoms with E-state index in [-0.39, 0.29) is 6.42 Å². The van der Waals surface area contributed by atoms with Gasteiger partial charge in [0.25, 0.3) is 0 Å². The minimum absolute atomic E-state index is 0.262. The first-order chi connectivity index (χ1) is 10.5. The first-order valence-corrected chi connectivity index (χ1v) is 6.87. The van der Waals surface area contributed by atoms with Gasteiger partial charge in [-0.1, -0.05) is 30.3 Å². The lowest BCUT2D eigenvalue weighted by molar-refractivity contribution is -0.140. The van der Waals surface area contributed by atoms with Gasteiger partial charge in [-0.05, 0) is 36.2 Å². The number of carbonyl (C=O) groups excluding carboxylic acids is 1. The number of amides is 1. The van der Waals surface area contributed by atoms with Crippen LogP contribution in [-0.2, 0) is 16.0 Å². The molecule has 2 rings (SSSR count). The third kappa shape index (κ3) is 4.70. The maximum atomic E-state index is 12.9. The van der Waals surface area contributed by atoms with E-state index in [2.05, 4.69) is 5.32 Å². The summed E-state index contributed by atoms with van der Waals surface area (Å²) in [5.74, 6) is -2.51. The zero-order chi connectivity index (χ0) is 15.9. The lowest BCUT2D eigenvalue weighted by Gasteiger charge is -2.15. The van der Waals surface area contributed by atoms with E-state index < -0.39 is 23.6 Å². The number of anilines is 1. The van der Waals surface area contributed by atoms with Crippen LogP contribution >= 0.6 is 0 Å². The maximum Gasteiger partial charge on any atom is 0.304 e. The molecule has 0 fully saturated rings. The molecule has 2 N–H and O–H groups in total. The van der Waals surface area contributed by atoms with Crippen LogP contribution in [0.2, 0.25) is 0 Å². The van der Waals surface area contributed by atoms with Gasteiger partial charge < -0.3 is 10.4 Å². The van der Waals surface area contributed by atoms with Gasteiger partial charge >= 0.3 is 5.97 Å². The Balaban J connectivity index is 2.08. The summed E-state index contributed by atoms with van der Waals surface area (Å²) in [5, 5.41) is 11.6. The lowest BCUT2D eigenvalue weighted by Crippen LogP contribution is -2.27. The van der Waals surface area contributed by atoms with E-state index in [1.54, 1.807) is 0 Å². The number of halogens is 1. The van der Waals surface area contributed by atoms with Crippen LogP contribution in [-0.4, -0.2) is 17.0 Å². The monoisotopic (exact) mass is 301 g/mol. The standard InChI is InChI=1S/C17H16FNO3/c18-14-6-8-15(9-7-14)19-17(22)13(11-16(20)21)10-12-4-2-1-3-5-12/h1-9,13H,10-11H2,(H,19,22)(H,20,21). The van der Waals surface area contributed by atoms with Crippen LogP contribution in [0.3, 0.4) is 0 Å². The van der Waals surface area contributed by atoms with E-state index in [0.717, 1.165) is 5.56 Å². The van der Waals surface area contributed by atoms with E-state index in [4.69, 9.17) is 5.11 Å². The zero-order valence-electron chi connectivity index (χ0n) is 11.8. The van der Waals surface area contributed by atoms with Gasteiger partial charge in [-0.3, -0.25) is 9.59 Å². The van der Waals surface area contributed by atoms with Gasteiger partial charge in [-0.15, -0.1) is 0 Å². The predicted octanol–water partition coefficient (Wildman–Crippen LogP) is 3.10. The second kappa shape index (κ2) is 7.36. The van der Waals surface area contributed by atoms with Crippen molar-refractivity contribution in [1.29, 1.82) is 0 Å². The minimum atomic E-state index is -1.03. The molecular formula is C17H16FNO3. The number of carboxylic acid groups (broad SMARTS) is 1. The first kappa shape index (κ1) is 15.7. The molecule has 2 aromatic carbocycles. The van der Waals surface area contributed by atoms with Crippen LogP contribution in [0.5, 0.6) is 0 Å². The van der Waals surface area contributed by atoms with Crippen molar-refractivity contribution in [2.24, 2.45) is 5.92 Å². The van der Waals surface area contributed by atoms with Gasteiger partial charge in [0.15, 0.2) is 0 Å². The molecule has 0 bridgehead atoms. The van der Waals surface area contributed by atoms with Gasteiger partial charge in [0.2, 0.25) is 5.91 Å². The fourth-order valence-electron chi connectivity index (χ4n) is 2.14. The number of rotatable bonds is 6.